The largest absolute Gasteiger partial charge is 0.496 e. The van der Waals surface area contributed by atoms with Crippen molar-refractivity contribution in [3.05, 3.63) is 22.7 Å². The zero-order valence-corrected chi connectivity index (χ0v) is 16.6. The highest BCUT2D eigenvalue weighted by Gasteiger charge is 2.24. The Bertz CT molecular complexity index is 605. The van der Waals surface area contributed by atoms with Gasteiger partial charge in [-0.25, -0.2) is 13.1 Å². The van der Waals surface area contributed by atoms with Gasteiger partial charge in [-0.15, -0.1) is 12.4 Å². The zero-order valence-electron chi connectivity index (χ0n) is 13.4. The fourth-order valence-electron chi connectivity index (χ4n) is 2.69. The number of benzene rings is 1. The number of likely N-dealkylation sites (tertiary alicyclic amines) is 1. The molecule has 8 heteroatoms. The Labute approximate surface area is 153 Å². The minimum absolute atomic E-state index is 0. The van der Waals surface area contributed by atoms with Crippen molar-refractivity contribution in [2.75, 3.05) is 26.7 Å². The summed E-state index contributed by atoms with van der Waals surface area (Å²) in [6.45, 7) is 5.15. The number of piperidine rings is 1. The second kappa shape index (κ2) is 9.22. The Hall–Kier alpha value is -0.340. The Balaban J connectivity index is 0.00000264. The molecule has 5 nitrogen and oxygen atoms in total. The van der Waals surface area contributed by atoms with Gasteiger partial charge in [-0.1, -0.05) is 6.92 Å². The molecule has 0 aromatic heterocycles. The van der Waals surface area contributed by atoms with Crippen LogP contribution in [0.15, 0.2) is 27.6 Å². The minimum atomic E-state index is -3.49. The molecule has 0 atom stereocenters. The van der Waals surface area contributed by atoms with Gasteiger partial charge in [0.1, 0.15) is 5.75 Å². The van der Waals surface area contributed by atoms with Gasteiger partial charge in [0.15, 0.2) is 0 Å². The van der Waals surface area contributed by atoms with Crippen molar-refractivity contribution in [1.29, 1.82) is 0 Å². The molecule has 1 heterocycles. The van der Waals surface area contributed by atoms with Gasteiger partial charge in [0.25, 0.3) is 0 Å². The predicted molar refractivity (Wildman–Crippen MR) is 98.0 cm³/mol. The van der Waals surface area contributed by atoms with Crippen LogP contribution in [0.5, 0.6) is 5.75 Å². The summed E-state index contributed by atoms with van der Waals surface area (Å²) in [5.41, 5.74) is 0. The summed E-state index contributed by atoms with van der Waals surface area (Å²) >= 11 is 3.33. The van der Waals surface area contributed by atoms with E-state index in [-0.39, 0.29) is 23.3 Å². The van der Waals surface area contributed by atoms with Crippen LogP contribution < -0.4 is 9.46 Å². The molecular formula is C15H24BrClN2O3S. The molecule has 23 heavy (non-hydrogen) atoms. The maximum atomic E-state index is 12.5. The molecule has 0 aliphatic carbocycles. The van der Waals surface area contributed by atoms with Crippen LogP contribution in [0.3, 0.4) is 0 Å². The van der Waals surface area contributed by atoms with E-state index < -0.39 is 10.0 Å². The van der Waals surface area contributed by atoms with Crippen molar-refractivity contribution < 1.29 is 13.2 Å². The third-order valence-electron chi connectivity index (χ3n) is 3.88. The molecule has 1 aliphatic heterocycles. The summed E-state index contributed by atoms with van der Waals surface area (Å²) in [5.74, 6) is 0.617. The van der Waals surface area contributed by atoms with Crippen LogP contribution in [0.25, 0.3) is 0 Å². The van der Waals surface area contributed by atoms with Crippen molar-refractivity contribution in [2.45, 2.75) is 37.1 Å². The first-order valence-corrected chi connectivity index (χ1v) is 9.82. The van der Waals surface area contributed by atoms with E-state index in [1.165, 1.54) is 0 Å². The van der Waals surface area contributed by atoms with Gasteiger partial charge in [-0.3, -0.25) is 0 Å². The van der Waals surface area contributed by atoms with E-state index in [1.807, 2.05) is 0 Å². The summed E-state index contributed by atoms with van der Waals surface area (Å²) in [6.07, 6.45) is 2.85. The number of hydrogen-bond acceptors (Lipinski definition) is 4. The first-order chi connectivity index (χ1) is 10.5. The number of nitrogens with one attached hydrogen (secondary N) is 1. The van der Waals surface area contributed by atoms with Crippen LogP contribution in [0.2, 0.25) is 0 Å². The van der Waals surface area contributed by atoms with Crippen molar-refractivity contribution in [3.63, 3.8) is 0 Å². The van der Waals surface area contributed by atoms with Crippen LogP contribution in [0.1, 0.15) is 26.2 Å². The second-order valence-electron chi connectivity index (χ2n) is 5.53. The predicted octanol–water partition coefficient (Wildman–Crippen LogP) is 3.03. The van der Waals surface area contributed by atoms with Gasteiger partial charge in [-0.05, 0) is 73.0 Å². The molecule has 1 fully saturated rings. The molecule has 0 unspecified atom stereocenters. The van der Waals surface area contributed by atoms with Crippen LogP contribution >= 0.6 is 28.3 Å². The lowest BCUT2D eigenvalue weighted by atomic mass is 10.1. The zero-order chi connectivity index (χ0) is 16.2. The molecule has 0 spiro atoms. The maximum Gasteiger partial charge on any atom is 0.240 e. The van der Waals surface area contributed by atoms with Gasteiger partial charge in [0, 0.05) is 6.04 Å². The first-order valence-electron chi connectivity index (χ1n) is 7.54. The standard InChI is InChI=1S/C15H23BrN2O3S.ClH/c1-3-8-18-9-6-12(7-10-18)17-22(19,20)13-4-5-15(21-2)14(16)11-13;/h4-5,11-12,17H,3,6-10H2,1-2H3;1H. The number of ether oxygens (including phenoxy) is 1. The van der Waals surface area contributed by atoms with E-state index in [0.717, 1.165) is 38.9 Å². The lowest BCUT2D eigenvalue weighted by Gasteiger charge is -2.31. The van der Waals surface area contributed by atoms with E-state index in [0.29, 0.717) is 10.2 Å². The average Bonchev–Trinajstić information content (AvgIpc) is 2.49. The second-order valence-corrected chi connectivity index (χ2v) is 8.10. The Morgan fingerprint density at radius 3 is 2.52 bits per heavy atom. The summed E-state index contributed by atoms with van der Waals surface area (Å²) in [4.78, 5) is 2.64. The van der Waals surface area contributed by atoms with Gasteiger partial charge < -0.3 is 9.64 Å². The van der Waals surface area contributed by atoms with Crippen LogP contribution in [0, 0.1) is 0 Å². The smallest absolute Gasteiger partial charge is 0.240 e. The number of hydrogen-bond donors (Lipinski definition) is 1. The van der Waals surface area contributed by atoms with Gasteiger partial charge in [0.2, 0.25) is 10.0 Å². The number of methoxy groups -OCH3 is 1. The van der Waals surface area contributed by atoms with Gasteiger partial charge in [0.05, 0.1) is 16.5 Å². The van der Waals surface area contributed by atoms with Crippen LogP contribution in [-0.2, 0) is 10.0 Å². The van der Waals surface area contributed by atoms with Crippen molar-refractivity contribution in [3.8, 4) is 5.75 Å². The highest BCUT2D eigenvalue weighted by atomic mass is 79.9. The lowest BCUT2D eigenvalue weighted by Crippen LogP contribution is -2.44. The van der Waals surface area contributed by atoms with Gasteiger partial charge in [-0.2, -0.15) is 0 Å². The number of sulfonamides is 1. The fraction of sp³-hybridized carbons (Fsp3) is 0.600. The summed E-state index contributed by atoms with van der Waals surface area (Å²) < 4.78 is 33.5. The van der Waals surface area contributed by atoms with Crippen LogP contribution in [-0.4, -0.2) is 46.1 Å². The summed E-state index contributed by atoms with van der Waals surface area (Å²) in [6, 6.07) is 4.81. The Morgan fingerprint density at radius 2 is 2.00 bits per heavy atom. The van der Waals surface area contributed by atoms with Crippen LogP contribution in [0.4, 0.5) is 0 Å². The van der Waals surface area contributed by atoms with Crippen molar-refractivity contribution >= 4 is 38.4 Å². The minimum Gasteiger partial charge on any atom is -0.496 e. The lowest BCUT2D eigenvalue weighted by molar-refractivity contribution is 0.208. The third kappa shape index (κ3) is 5.60. The molecule has 0 radical (unpaired) electrons. The summed E-state index contributed by atoms with van der Waals surface area (Å²) in [5, 5.41) is 0. The van der Waals surface area contributed by atoms with Gasteiger partial charge >= 0.3 is 0 Å². The monoisotopic (exact) mass is 426 g/mol. The van der Waals surface area contributed by atoms with E-state index in [9.17, 15) is 8.42 Å². The number of rotatable bonds is 6. The molecule has 1 aliphatic rings. The molecular weight excluding hydrogens is 404 g/mol. The number of nitrogens with zero attached hydrogens (tertiary/aromatic N) is 1. The highest BCUT2D eigenvalue weighted by molar-refractivity contribution is 9.10. The molecule has 1 aromatic carbocycles. The number of halogens is 2. The quantitative estimate of drug-likeness (QED) is 0.758. The molecule has 1 saturated heterocycles. The first kappa shape index (κ1) is 20.7. The molecule has 0 amide bonds. The van der Waals surface area contributed by atoms with E-state index in [1.54, 1.807) is 25.3 Å². The van der Waals surface area contributed by atoms with E-state index >= 15 is 0 Å². The highest BCUT2D eigenvalue weighted by Crippen LogP contribution is 2.27. The van der Waals surface area contributed by atoms with Crippen molar-refractivity contribution in [2.24, 2.45) is 0 Å². The molecule has 0 bridgehead atoms. The summed E-state index contributed by atoms with van der Waals surface area (Å²) in [7, 11) is -1.94. The van der Waals surface area contributed by atoms with E-state index in [4.69, 9.17) is 4.74 Å². The molecule has 132 valence electrons. The van der Waals surface area contributed by atoms with Crippen molar-refractivity contribution in [1.82, 2.24) is 9.62 Å². The molecule has 0 saturated carbocycles. The SMILES string of the molecule is CCCN1CCC(NS(=O)(=O)c2ccc(OC)c(Br)c2)CC1.Cl. The third-order valence-corrected chi connectivity index (χ3v) is 6.02. The normalized spacial score (nSPS) is 16.8. The Kier molecular flexibility index (Phi) is 8.30. The topological polar surface area (TPSA) is 58.6 Å². The molecule has 2 rings (SSSR count). The molecule has 1 N–H and O–H groups in total. The molecule has 1 aromatic rings. The fourth-order valence-corrected chi connectivity index (χ4v) is 4.72. The average molecular weight is 428 g/mol. The van der Waals surface area contributed by atoms with E-state index in [2.05, 4.69) is 32.5 Å². The maximum absolute atomic E-state index is 12.5. The Morgan fingerprint density at radius 1 is 1.35 bits per heavy atom.